The van der Waals surface area contributed by atoms with E-state index < -0.39 is 0 Å². The van der Waals surface area contributed by atoms with Crippen LogP contribution in [0.3, 0.4) is 0 Å². The molecule has 1 heterocycles. The van der Waals surface area contributed by atoms with Crippen molar-refractivity contribution < 1.29 is 4.39 Å². The van der Waals surface area contributed by atoms with Gasteiger partial charge in [-0.2, -0.15) is 4.98 Å². The fourth-order valence-electron chi connectivity index (χ4n) is 1.67. The second kappa shape index (κ2) is 4.95. The average Bonchev–Trinajstić information content (AvgIpc) is 2.37. The van der Waals surface area contributed by atoms with E-state index in [2.05, 4.69) is 15.0 Å². The molecule has 0 saturated carbocycles. The lowest BCUT2D eigenvalue weighted by Crippen LogP contribution is -2.25. The molecule has 0 radical (unpaired) electrons. The van der Waals surface area contributed by atoms with E-state index in [1.807, 2.05) is 6.92 Å². The number of hydrogen-bond acceptors (Lipinski definition) is 5. The molecule has 0 aliphatic carbocycles. The molecule has 0 aliphatic rings. The normalized spacial score (nSPS) is 12.2. The molecule has 0 fully saturated rings. The third-order valence-electron chi connectivity index (χ3n) is 2.83. The van der Waals surface area contributed by atoms with Gasteiger partial charge in [-0.3, -0.25) is 0 Å². The first-order valence-electron chi connectivity index (χ1n) is 5.51. The summed E-state index contributed by atoms with van der Waals surface area (Å²) in [5.41, 5.74) is 6.08. The van der Waals surface area contributed by atoms with Gasteiger partial charge in [0, 0.05) is 12.6 Å². The number of benzene rings is 1. The predicted octanol–water partition coefficient (Wildman–Crippen LogP) is 1.79. The van der Waals surface area contributed by atoms with Gasteiger partial charge in [0.05, 0.1) is 6.04 Å². The fourth-order valence-corrected chi connectivity index (χ4v) is 1.67. The van der Waals surface area contributed by atoms with Crippen LogP contribution in [0.5, 0.6) is 0 Å². The molecular weight excluding hydrogens is 233 g/mol. The van der Waals surface area contributed by atoms with Gasteiger partial charge in [0.15, 0.2) is 0 Å². The zero-order chi connectivity index (χ0) is 13.1. The van der Waals surface area contributed by atoms with E-state index in [0.717, 1.165) is 0 Å². The Kier molecular flexibility index (Phi) is 3.36. The van der Waals surface area contributed by atoms with Crippen molar-refractivity contribution >= 4 is 11.9 Å². The molecule has 0 bridgehead atoms. The van der Waals surface area contributed by atoms with Crippen LogP contribution < -0.4 is 10.6 Å². The van der Waals surface area contributed by atoms with Gasteiger partial charge in [-0.1, -0.05) is 18.2 Å². The van der Waals surface area contributed by atoms with Crippen LogP contribution in [-0.4, -0.2) is 22.0 Å². The van der Waals surface area contributed by atoms with Gasteiger partial charge in [-0.05, 0) is 13.0 Å². The first-order valence-corrected chi connectivity index (χ1v) is 5.51. The molecule has 1 aromatic carbocycles. The van der Waals surface area contributed by atoms with Gasteiger partial charge >= 0.3 is 0 Å². The van der Waals surface area contributed by atoms with Gasteiger partial charge in [-0.15, -0.1) is 0 Å². The Bertz CT molecular complexity index is 545. The van der Waals surface area contributed by atoms with Crippen LogP contribution >= 0.6 is 0 Å². The number of nitrogens with zero attached hydrogens (tertiary/aromatic N) is 4. The number of nitrogens with two attached hydrogens (primary N) is 1. The highest BCUT2D eigenvalue weighted by molar-refractivity contribution is 5.37. The number of nitrogen functional groups attached to an aromatic ring is 1. The predicted molar refractivity (Wildman–Crippen MR) is 67.5 cm³/mol. The third-order valence-corrected chi connectivity index (χ3v) is 2.83. The maximum atomic E-state index is 13.7. The Morgan fingerprint density at radius 1 is 1.28 bits per heavy atom. The summed E-state index contributed by atoms with van der Waals surface area (Å²) in [4.78, 5) is 13.5. The first kappa shape index (κ1) is 12.2. The van der Waals surface area contributed by atoms with Gasteiger partial charge in [0.2, 0.25) is 11.9 Å². The van der Waals surface area contributed by atoms with Crippen molar-refractivity contribution in [3.8, 4) is 0 Å². The number of aromatic nitrogens is 3. The van der Waals surface area contributed by atoms with E-state index in [0.29, 0.717) is 11.5 Å². The highest BCUT2D eigenvalue weighted by Gasteiger charge is 2.17. The molecule has 5 nitrogen and oxygen atoms in total. The SMILES string of the molecule is CC(c1ccccc1F)N(C)c1ncnc(N)n1. The van der Waals surface area contributed by atoms with E-state index >= 15 is 0 Å². The highest BCUT2D eigenvalue weighted by atomic mass is 19.1. The second-order valence-corrected chi connectivity index (χ2v) is 3.95. The number of halogens is 1. The molecule has 1 unspecified atom stereocenters. The molecule has 1 aromatic heterocycles. The lowest BCUT2D eigenvalue weighted by Gasteiger charge is -2.25. The van der Waals surface area contributed by atoms with Crippen molar-refractivity contribution in [2.24, 2.45) is 0 Å². The Morgan fingerprint density at radius 3 is 2.67 bits per heavy atom. The van der Waals surface area contributed by atoms with Crippen LogP contribution in [0.1, 0.15) is 18.5 Å². The van der Waals surface area contributed by atoms with Gasteiger partial charge < -0.3 is 10.6 Å². The summed E-state index contributed by atoms with van der Waals surface area (Å²) in [6.45, 7) is 1.87. The van der Waals surface area contributed by atoms with Gasteiger partial charge in [-0.25, -0.2) is 14.4 Å². The maximum absolute atomic E-state index is 13.7. The summed E-state index contributed by atoms with van der Waals surface area (Å²) in [7, 11) is 1.78. The summed E-state index contributed by atoms with van der Waals surface area (Å²) in [5.74, 6) is 0.310. The summed E-state index contributed by atoms with van der Waals surface area (Å²) < 4.78 is 13.7. The second-order valence-electron chi connectivity index (χ2n) is 3.95. The Balaban J connectivity index is 2.29. The third kappa shape index (κ3) is 2.37. The average molecular weight is 247 g/mol. The molecule has 0 spiro atoms. The molecule has 0 amide bonds. The Morgan fingerprint density at radius 2 is 2.00 bits per heavy atom. The molecule has 1 atom stereocenters. The monoisotopic (exact) mass is 247 g/mol. The number of anilines is 2. The molecule has 18 heavy (non-hydrogen) atoms. The van der Waals surface area contributed by atoms with Crippen molar-refractivity contribution in [2.75, 3.05) is 17.7 Å². The molecule has 0 aliphatic heterocycles. The standard InChI is InChI=1S/C12H14FN5/c1-8(9-5-3-4-6-10(9)13)18(2)12-16-7-15-11(14)17-12/h3-8H,1-2H3,(H2,14,15,16,17). The van der Waals surface area contributed by atoms with Crippen LogP contribution in [0.4, 0.5) is 16.3 Å². The smallest absolute Gasteiger partial charge is 0.230 e. The van der Waals surface area contributed by atoms with E-state index in [4.69, 9.17) is 5.73 Å². The van der Waals surface area contributed by atoms with E-state index in [9.17, 15) is 4.39 Å². The zero-order valence-electron chi connectivity index (χ0n) is 10.2. The number of hydrogen-bond donors (Lipinski definition) is 1. The van der Waals surface area contributed by atoms with Crippen molar-refractivity contribution in [3.63, 3.8) is 0 Å². The molecule has 0 saturated heterocycles. The van der Waals surface area contributed by atoms with Gasteiger partial charge in [0.25, 0.3) is 0 Å². The van der Waals surface area contributed by atoms with Crippen molar-refractivity contribution in [1.29, 1.82) is 0 Å². The quantitative estimate of drug-likeness (QED) is 0.895. The van der Waals surface area contributed by atoms with E-state index in [1.54, 1.807) is 30.1 Å². The highest BCUT2D eigenvalue weighted by Crippen LogP contribution is 2.24. The summed E-state index contributed by atoms with van der Waals surface area (Å²) >= 11 is 0. The minimum atomic E-state index is -0.251. The lowest BCUT2D eigenvalue weighted by atomic mass is 10.1. The molecule has 94 valence electrons. The topological polar surface area (TPSA) is 67.9 Å². The van der Waals surface area contributed by atoms with Crippen LogP contribution in [0.25, 0.3) is 0 Å². The fraction of sp³-hybridized carbons (Fsp3) is 0.250. The van der Waals surface area contributed by atoms with Crippen molar-refractivity contribution in [1.82, 2.24) is 15.0 Å². The molecular formula is C12H14FN5. The molecule has 2 rings (SSSR count). The van der Waals surface area contributed by atoms with Crippen molar-refractivity contribution in [3.05, 3.63) is 42.0 Å². The molecule has 2 aromatic rings. The summed E-state index contributed by atoms with van der Waals surface area (Å²) in [6, 6.07) is 6.42. The lowest BCUT2D eigenvalue weighted by molar-refractivity contribution is 0.582. The Hall–Kier alpha value is -2.24. The van der Waals surface area contributed by atoms with Crippen LogP contribution in [0, 0.1) is 5.82 Å². The van der Waals surface area contributed by atoms with Crippen LogP contribution in [-0.2, 0) is 0 Å². The van der Waals surface area contributed by atoms with Crippen LogP contribution in [0.15, 0.2) is 30.6 Å². The molecule has 6 heteroatoms. The van der Waals surface area contributed by atoms with Crippen molar-refractivity contribution in [2.45, 2.75) is 13.0 Å². The van der Waals surface area contributed by atoms with Gasteiger partial charge in [0.1, 0.15) is 12.1 Å². The van der Waals surface area contributed by atoms with E-state index in [-0.39, 0.29) is 17.8 Å². The van der Waals surface area contributed by atoms with E-state index in [1.165, 1.54) is 12.4 Å². The maximum Gasteiger partial charge on any atom is 0.230 e. The molecule has 2 N–H and O–H groups in total. The Labute approximate surface area is 105 Å². The summed E-state index contributed by atoms with van der Waals surface area (Å²) in [6.07, 6.45) is 1.34. The zero-order valence-corrected chi connectivity index (χ0v) is 10.2. The van der Waals surface area contributed by atoms with Crippen LogP contribution in [0.2, 0.25) is 0 Å². The minimum Gasteiger partial charge on any atom is -0.368 e. The largest absolute Gasteiger partial charge is 0.368 e. The minimum absolute atomic E-state index is 0.146. The number of rotatable bonds is 3. The first-order chi connectivity index (χ1) is 8.59. The summed E-state index contributed by atoms with van der Waals surface area (Å²) in [5, 5.41) is 0.